The van der Waals surface area contributed by atoms with Crippen molar-refractivity contribution in [3.63, 3.8) is 0 Å². The zero-order valence-corrected chi connectivity index (χ0v) is 18.8. The number of carbonyl (C=O) groups is 1. The Morgan fingerprint density at radius 3 is 2.87 bits per heavy atom. The molecule has 156 valence electrons. The molecule has 3 aromatic rings. The molecule has 3 aromatic heterocycles. The number of pyridine rings is 1. The van der Waals surface area contributed by atoms with Crippen LogP contribution in [0.15, 0.2) is 35.9 Å². The average Bonchev–Trinajstić information content (AvgIpc) is 3.39. The first-order valence-corrected chi connectivity index (χ1v) is 11.9. The van der Waals surface area contributed by atoms with Crippen LogP contribution < -0.4 is 5.32 Å². The lowest BCUT2D eigenvalue weighted by Gasteiger charge is -2.12. The van der Waals surface area contributed by atoms with E-state index >= 15 is 0 Å². The summed E-state index contributed by atoms with van der Waals surface area (Å²) < 4.78 is 0. The zero-order chi connectivity index (χ0) is 21.1. The summed E-state index contributed by atoms with van der Waals surface area (Å²) in [5.41, 5.74) is 3.35. The highest BCUT2D eigenvalue weighted by Crippen LogP contribution is 2.36. The highest BCUT2D eigenvalue weighted by atomic mass is 32.1. The van der Waals surface area contributed by atoms with Crippen molar-refractivity contribution in [2.24, 2.45) is 5.92 Å². The Balaban J connectivity index is 1.67. The van der Waals surface area contributed by atoms with E-state index in [2.05, 4.69) is 30.2 Å². The SMILES string of the molecule is CC(C)Cc1sc(Nc2ncc(-c3cccs3)cc2C(=O)O)nc1C1=CCCCC1. The quantitative estimate of drug-likeness (QED) is 0.420. The van der Waals surface area contributed by atoms with E-state index in [9.17, 15) is 9.90 Å². The molecular weight excluding hydrogens is 414 g/mol. The molecule has 1 aliphatic carbocycles. The number of rotatable bonds is 7. The third kappa shape index (κ3) is 4.63. The van der Waals surface area contributed by atoms with Gasteiger partial charge in [0.1, 0.15) is 11.4 Å². The maximum atomic E-state index is 11.9. The van der Waals surface area contributed by atoms with Crippen molar-refractivity contribution in [2.75, 3.05) is 5.32 Å². The van der Waals surface area contributed by atoms with Gasteiger partial charge in [0.15, 0.2) is 5.13 Å². The van der Waals surface area contributed by atoms with E-state index in [4.69, 9.17) is 4.98 Å². The van der Waals surface area contributed by atoms with E-state index in [-0.39, 0.29) is 5.56 Å². The van der Waals surface area contributed by atoms with Crippen molar-refractivity contribution in [3.05, 3.63) is 52.0 Å². The Morgan fingerprint density at radius 2 is 2.20 bits per heavy atom. The summed E-state index contributed by atoms with van der Waals surface area (Å²) in [6.07, 6.45) is 9.58. The van der Waals surface area contributed by atoms with Gasteiger partial charge in [-0.3, -0.25) is 0 Å². The number of carboxylic acid groups (broad SMARTS) is 1. The second-order valence-electron chi connectivity index (χ2n) is 7.89. The minimum absolute atomic E-state index is 0.153. The van der Waals surface area contributed by atoms with Crippen molar-refractivity contribution in [1.29, 1.82) is 0 Å². The maximum absolute atomic E-state index is 11.9. The Kier molecular flexibility index (Phi) is 6.29. The molecule has 7 heteroatoms. The van der Waals surface area contributed by atoms with E-state index < -0.39 is 5.97 Å². The highest BCUT2D eigenvalue weighted by Gasteiger charge is 2.20. The van der Waals surface area contributed by atoms with Gasteiger partial charge in [-0.25, -0.2) is 14.8 Å². The van der Waals surface area contributed by atoms with Gasteiger partial charge >= 0.3 is 5.97 Å². The molecule has 4 rings (SSSR count). The summed E-state index contributed by atoms with van der Waals surface area (Å²) in [5.74, 6) is -0.145. The Hall–Kier alpha value is -2.51. The summed E-state index contributed by atoms with van der Waals surface area (Å²) in [4.78, 5) is 23.4. The van der Waals surface area contributed by atoms with E-state index in [0.29, 0.717) is 16.9 Å². The predicted molar refractivity (Wildman–Crippen MR) is 125 cm³/mol. The number of nitrogens with zero attached hydrogens (tertiary/aromatic N) is 2. The van der Waals surface area contributed by atoms with E-state index in [1.54, 1.807) is 34.9 Å². The molecule has 0 saturated carbocycles. The molecule has 30 heavy (non-hydrogen) atoms. The number of hydrogen-bond acceptors (Lipinski definition) is 6. The van der Waals surface area contributed by atoms with Gasteiger partial charge in [0.05, 0.1) is 5.69 Å². The first-order chi connectivity index (χ1) is 14.5. The lowest BCUT2D eigenvalue weighted by atomic mass is 9.95. The first-order valence-electron chi connectivity index (χ1n) is 10.2. The summed E-state index contributed by atoms with van der Waals surface area (Å²) in [5, 5.41) is 15.6. The fraction of sp³-hybridized carbons (Fsp3) is 0.348. The van der Waals surface area contributed by atoms with Gasteiger partial charge < -0.3 is 10.4 Å². The molecule has 0 fully saturated rings. The third-order valence-corrected chi connectivity index (χ3v) is 6.95. The monoisotopic (exact) mass is 439 g/mol. The second kappa shape index (κ2) is 9.10. The third-order valence-electron chi connectivity index (χ3n) is 5.04. The molecule has 0 amide bonds. The van der Waals surface area contributed by atoms with Crippen molar-refractivity contribution in [1.82, 2.24) is 9.97 Å². The number of anilines is 2. The number of allylic oxidation sites excluding steroid dienone is 2. The molecule has 2 N–H and O–H groups in total. The number of thiophene rings is 1. The fourth-order valence-corrected chi connectivity index (χ4v) is 5.54. The van der Waals surface area contributed by atoms with Crippen LogP contribution in [0.25, 0.3) is 16.0 Å². The molecule has 3 heterocycles. The van der Waals surface area contributed by atoms with Crippen LogP contribution in [0, 0.1) is 5.92 Å². The summed E-state index contributed by atoms with van der Waals surface area (Å²) >= 11 is 3.17. The molecule has 0 atom stereocenters. The van der Waals surface area contributed by atoms with Crippen LogP contribution in [0.4, 0.5) is 10.9 Å². The summed E-state index contributed by atoms with van der Waals surface area (Å²) in [7, 11) is 0. The Morgan fingerprint density at radius 1 is 1.33 bits per heavy atom. The molecular formula is C23H25N3O2S2. The van der Waals surface area contributed by atoms with Crippen LogP contribution in [0.1, 0.15) is 60.5 Å². The molecule has 0 aliphatic heterocycles. The lowest BCUT2D eigenvalue weighted by molar-refractivity contribution is 0.0697. The van der Waals surface area contributed by atoms with Crippen molar-refractivity contribution in [2.45, 2.75) is 46.0 Å². The van der Waals surface area contributed by atoms with Crippen LogP contribution in [-0.2, 0) is 6.42 Å². The van der Waals surface area contributed by atoms with E-state index in [0.717, 1.165) is 35.4 Å². The van der Waals surface area contributed by atoms with Gasteiger partial charge in [0.2, 0.25) is 0 Å². The van der Waals surface area contributed by atoms with Crippen LogP contribution >= 0.6 is 22.7 Å². The molecule has 0 unspecified atom stereocenters. The van der Waals surface area contributed by atoms with Crippen molar-refractivity contribution >= 4 is 45.2 Å². The van der Waals surface area contributed by atoms with Gasteiger partial charge in [0.25, 0.3) is 0 Å². The summed E-state index contributed by atoms with van der Waals surface area (Å²) in [6.45, 7) is 4.42. The smallest absolute Gasteiger partial charge is 0.339 e. The Bertz CT molecular complexity index is 1070. The van der Waals surface area contributed by atoms with Crippen LogP contribution in [-0.4, -0.2) is 21.0 Å². The molecule has 0 aromatic carbocycles. The van der Waals surface area contributed by atoms with Gasteiger partial charge in [-0.2, -0.15) is 0 Å². The van der Waals surface area contributed by atoms with Gasteiger partial charge in [-0.05, 0) is 61.1 Å². The first kappa shape index (κ1) is 20.8. The highest BCUT2D eigenvalue weighted by molar-refractivity contribution is 7.15. The van der Waals surface area contributed by atoms with Gasteiger partial charge in [0, 0.05) is 21.5 Å². The lowest BCUT2D eigenvalue weighted by Crippen LogP contribution is -2.05. The number of carboxylic acids is 1. The molecule has 1 aliphatic rings. The fourth-order valence-electron chi connectivity index (χ4n) is 3.62. The Labute approximate surface area is 184 Å². The van der Waals surface area contributed by atoms with E-state index in [1.165, 1.54) is 23.3 Å². The van der Waals surface area contributed by atoms with Gasteiger partial charge in [-0.15, -0.1) is 22.7 Å². The minimum atomic E-state index is -1.00. The van der Waals surface area contributed by atoms with E-state index in [1.807, 2.05) is 17.5 Å². The standard InChI is InChI=1S/C23H25N3O2S2/c1-14(2)11-19-20(15-7-4-3-5-8-15)25-23(30-19)26-21-17(22(27)28)12-16(13-24-21)18-9-6-10-29-18/h6-7,9-10,12-14H,3-5,8,11H2,1-2H3,(H,27,28)(H,24,25,26). The number of aromatic nitrogens is 2. The molecule has 0 bridgehead atoms. The zero-order valence-electron chi connectivity index (χ0n) is 17.1. The minimum Gasteiger partial charge on any atom is -0.478 e. The topological polar surface area (TPSA) is 75.1 Å². The number of aromatic carboxylic acids is 1. The normalized spacial score (nSPS) is 14.0. The number of nitrogens with one attached hydrogen (secondary N) is 1. The van der Waals surface area contributed by atoms with Crippen LogP contribution in [0.2, 0.25) is 0 Å². The van der Waals surface area contributed by atoms with Crippen LogP contribution in [0.5, 0.6) is 0 Å². The molecule has 0 saturated heterocycles. The number of hydrogen-bond donors (Lipinski definition) is 2. The molecule has 5 nitrogen and oxygen atoms in total. The van der Waals surface area contributed by atoms with Crippen molar-refractivity contribution in [3.8, 4) is 10.4 Å². The predicted octanol–water partition coefficient (Wildman–Crippen LogP) is 6.86. The second-order valence-corrected chi connectivity index (χ2v) is 9.92. The maximum Gasteiger partial charge on any atom is 0.339 e. The van der Waals surface area contributed by atoms with Crippen LogP contribution in [0.3, 0.4) is 0 Å². The van der Waals surface area contributed by atoms with Gasteiger partial charge in [-0.1, -0.05) is 26.0 Å². The average molecular weight is 440 g/mol. The largest absolute Gasteiger partial charge is 0.478 e. The molecule has 0 spiro atoms. The molecule has 0 radical (unpaired) electrons. The van der Waals surface area contributed by atoms with Crippen molar-refractivity contribution < 1.29 is 9.90 Å². The number of thiazole rings is 1. The summed E-state index contributed by atoms with van der Waals surface area (Å²) in [6, 6.07) is 5.58.